The van der Waals surface area contributed by atoms with Crippen LogP contribution in [-0.2, 0) is 16.1 Å². The summed E-state index contributed by atoms with van der Waals surface area (Å²) in [5, 5.41) is 11.2. The summed E-state index contributed by atoms with van der Waals surface area (Å²) < 4.78 is 0. The quantitative estimate of drug-likeness (QED) is 0.878. The summed E-state index contributed by atoms with van der Waals surface area (Å²) in [7, 11) is 0. The van der Waals surface area contributed by atoms with Gasteiger partial charge in [0, 0.05) is 19.6 Å². The fraction of sp³-hybridized carbons (Fsp3) is 0.300. The Balaban J connectivity index is 1.57. The maximum atomic E-state index is 13.0. The number of likely N-dealkylation sites (tertiary alicyclic amines) is 1. The lowest BCUT2D eigenvalue weighted by atomic mass is 9.84. The molecule has 2 N–H and O–H groups in total. The van der Waals surface area contributed by atoms with E-state index < -0.39 is 11.9 Å². The van der Waals surface area contributed by atoms with Crippen LogP contribution in [-0.4, -0.2) is 41.0 Å². The molecule has 2 fully saturated rings. The molecular formula is C20H21N3O3. The number of hydrazine groups is 1. The second-order valence-corrected chi connectivity index (χ2v) is 6.89. The number of rotatable bonds is 4. The molecule has 2 aliphatic heterocycles. The molecule has 26 heavy (non-hydrogen) atoms. The van der Waals surface area contributed by atoms with Gasteiger partial charge in [-0.05, 0) is 17.7 Å². The van der Waals surface area contributed by atoms with E-state index in [4.69, 9.17) is 0 Å². The van der Waals surface area contributed by atoms with Crippen LogP contribution < -0.4 is 10.4 Å². The molecule has 2 heterocycles. The first-order chi connectivity index (χ1) is 12.6. The summed E-state index contributed by atoms with van der Waals surface area (Å²) in [6.07, 6.45) is 0. The van der Waals surface area contributed by atoms with Crippen molar-refractivity contribution in [2.24, 2.45) is 11.8 Å². The summed E-state index contributed by atoms with van der Waals surface area (Å²) in [6.45, 7) is 1.62. The number of carbonyl (C=O) groups is 2. The average molecular weight is 351 g/mol. The van der Waals surface area contributed by atoms with Crippen molar-refractivity contribution >= 4 is 17.6 Å². The molecule has 2 aromatic rings. The highest BCUT2D eigenvalue weighted by Gasteiger charge is 2.50. The molecular weight excluding hydrogens is 330 g/mol. The van der Waals surface area contributed by atoms with Crippen molar-refractivity contribution in [1.29, 1.82) is 0 Å². The largest absolute Gasteiger partial charge is 0.481 e. The number of benzene rings is 2. The van der Waals surface area contributed by atoms with Crippen LogP contribution in [0, 0.1) is 11.8 Å². The van der Waals surface area contributed by atoms with Gasteiger partial charge in [0.2, 0.25) is 5.91 Å². The minimum absolute atomic E-state index is 0.0646. The van der Waals surface area contributed by atoms with Crippen molar-refractivity contribution in [2.45, 2.75) is 12.6 Å². The molecule has 0 aromatic heterocycles. The minimum Gasteiger partial charge on any atom is -0.481 e. The average Bonchev–Trinajstić information content (AvgIpc) is 2.99. The molecule has 3 unspecified atom stereocenters. The SMILES string of the molecule is O=C(O)C1CN(Cc2ccccc2)CC2C(=O)N(c3ccccc3)NC12. The number of carboxylic acid groups (broad SMARTS) is 1. The lowest BCUT2D eigenvalue weighted by Gasteiger charge is -2.37. The third-order valence-corrected chi connectivity index (χ3v) is 5.17. The van der Waals surface area contributed by atoms with Gasteiger partial charge in [0.15, 0.2) is 0 Å². The number of fused-ring (bicyclic) bond motifs is 1. The van der Waals surface area contributed by atoms with Crippen molar-refractivity contribution in [1.82, 2.24) is 10.3 Å². The third-order valence-electron chi connectivity index (χ3n) is 5.17. The molecule has 0 radical (unpaired) electrons. The number of nitrogens with zero attached hydrogens (tertiary/aromatic N) is 2. The van der Waals surface area contributed by atoms with E-state index >= 15 is 0 Å². The number of hydrogen-bond acceptors (Lipinski definition) is 4. The molecule has 134 valence electrons. The van der Waals surface area contributed by atoms with Crippen molar-refractivity contribution in [2.75, 3.05) is 18.1 Å². The number of amides is 1. The highest BCUT2D eigenvalue weighted by molar-refractivity contribution is 5.97. The number of hydrogen-bond donors (Lipinski definition) is 2. The summed E-state index contributed by atoms with van der Waals surface area (Å²) in [6, 6.07) is 18.9. The fourth-order valence-corrected chi connectivity index (χ4v) is 3.91. The maximum absolute atomic E-state index is 13.0. The van der Waals surface area contributed by atoms with Gasteiger partial charge in [-0.2, -0.15) is 0 Å². The smallest absolute Gasteiger partial charge is 0.309 e. The Morgan fingerprint density at radius 1 is 1.04 bits per heavy atom. The van der Waals surface area contributed by atoms with E-state index in [1.807, 2.05) is 60.7 Å². The second-order valence-electron chi connectivity index (χ2n) is 6.89. The first-order valence-electron chi connectivity index (χ1n) is 8.78. The van der Waals surface area contributed by atoms with Crippen LogP contribution in [0.3, 0.4) is 0 Å². The molecule has 3 atom stereocenters. The predicted octanol–water partition coefficient (Wildman–Crippen LogP) is 1.74. The maximum Gasteiger partial charge on any atom is 0.309 e. The van der Waals surface area contributed by atoms with Crippen LogP contribution in [0.5, 0.6) is 0 Å². The molecule has 2 aromatic carbocycles. The number of aliphatic carboxylic acids is 1. The van der Waals surface area contributed by atoms with Gasteiger partial charge in [0.1, 0.15) is 0 Å². The third kappa shape index (κ3) is 3.09. The monoisotopic (exact) mass is 351 g/mol. The van der Waals surface area contributed by atoms with E-state index in [9.17, 15) is 14.7 Å². The lowest BCUT2D eigenvalue weighted by Crippen LogP contribution is -2.54. The van der Waals surface area contributed by atoms with Crippen LogP contribution in [0.15, 0.2) is 60.7 Å². The summed E-state index contributed by atoms with van der Waals surface area (Å²) in [5.41, 5.74) is 5.01. The molecule has 2 saturated heterocycles. The van der Waals surface area contributed by atoms with Crippen LogP contribution >= 0.6 is 0 Å². The molecule has 1 amide bonds. The molecule has 0 aliphatic carbocycles. The zero-order valence-corrected chi connectivity index (χ0v) is 14.3. The Kier molecular flexibility index (Phi) is 4.44. The molecule has 0 spiro atoms. The molecule has 0 saturated carbocycles. The predicted molar refractivity (Wildman–Crippen MR) is 97.2 cm³/mol. The van der Waals surface area contributed by atoms with E-state index in [0.29, 0.717) is 19.6 Å². The van der Waals surface area contributed by atoms with Gasteiger partial charge in [-0.1, -0.05) is 48.5 Å². The first-order valence-corrected chi connectivity index (χ1v) is 8.78. The zero-order valence-electron chi connectivity index (χ0n) is 14.3. The van der Waals surface area contributed by atoms with Crippen LogP contribution in [0.1, 0.15) is 5.56 Å². The van der Waals surface area contributed by atoms with E-state index in [1.165, 1.54) is 5.01 Å². The number of nitrogens with one attached hydrogen (secondary N) is 1. The Morgan fingerprint density at radius 3 is 2.35 bits per heavy atom. The van der Waals surface area contributed by atoms with Gasteiger partial charge in [0.05, 0.1) is 23.6 Å². The Morgan fingerprint density at radius 2 is 1.69 bits per heavy atom. The topological polar surface area (TPSA) is 72.9 Å². The number of carboxylic acids is 1. The van der Waals surface area contributed by atoms with Gasteiger partial charge in [-0.25, -0.2) is 10.4 Å². The lowest BCUT2D eigenvalue weighted by molar-refractivity contribution is -0.145. The molecule has 6 heteroatoms. The molecule has 0 bridgehead atoms. The van der Waals surface area contributed by atoms with Crippen LogP contribution in [0.4, 0.5) is 5.69 Å². The van der Waals surface area contributed by atoms with Crippen molar-refractivity contribution in [3.8, 4) is 0 Å². The Labute approximate surface area is 152 Å². The second kappa shape index (κ2) is 6.90. The normalized spacial score (nSPS) is 25.9. The van der Waals surface area contributed by atoms with Crippen LogP contribution in [0.2, 0.25) is 0 Å². The Hall–Kier alpha value is -2.70. The van der Waals surface area contributed by atoms with Gasteiger partial charge in [-0.3, -0.25) is 14.5 Å². The van der Waals surface area contributed by atoms with Crippen molar-refractivity contribution < 1.29 is 14.7 Å². The van der Waals surface area contributed by atoms with Gasteiger partial charge < -0.3 is 5.11 Å². The summed E-state index contributed by atoms with van der Waals surface area (Å²) in [4.78, 5) is 26.9. The Bertz CT molecular complexity index is 796. The molecule has 4 rings (SSSR count). The summed E-state index contributed by atoms with van der Waals surface area (Å²) >= 11 is 0. The number of anilines is 1. The number of para-hydroxylation sites is 1. The van der Waals surface area contributed by atoms with Crippen molar-refractivity contribution in [3.63, 3.8) is 0 Å². The van der Waals surface area contributed by atoms with Gasteiger partial charge in [-0.15, -0.1) is 0 Å². The van der Waals surface area contributed by atoms with Crippen molar-refractivity contribution in [3.05, 3.63) is 66.2 Å². The number of carbonyl (C=O) groups excluding carboxylic acids is 1. The van der Waals surface area contributed by atoms with Crippen LogP contribution in [0.25, 0.3) is 0 Å². The summed E-state index contributed by atoms with van der Waals surface area (Å²) in [5.74, 6) is -1.93. The molecule has 6 nitrogen and oxygen atoms in total. The van der Waals surface area contributed by atoms with Gasteiger partial charge in [0.25, 0.3) is 0 Å². The van der Waals surface area contributed by atoms with E-state index in [0.717, 1.165) is 11.3 Å². The highest BCUT2D eigenvalue weighted by Crippen LogP contribution is 2.32. The fourth-order valence-electron chi connectivity index (χ4n) is 3.91. The zero-order chi connectivity index (χ0) is 18.1. The highest BCUT2D eigenvalue weighted by atomic mass is 16.4. The van der Waals surface area contributed by atoms with Gasteiger partial charge >= 0.3 is 5.97 Å². The first kappa shape index (κ1) is 16.8. The van der Waals surface area contributed by atoms with E-state index in [2.05, 4.69) is 10.3 Å². The minimum atomic E-state index is -0.868. The van der Waals surface area contributed by atoms with E-state index in [-0.39, 0.29) is 17.9 Å². The molecule has 2 aliphatic rings. The number of piperidine rings is 1. The standard InChI is InChI=1S/C20H21N3O3/c24-19-16-12-22(11-14-7-3-1-4-8-14)13-17(20(25)26)18(16)21-23(19)15-9-5-2-6-10-15/h1-10,16-18,21H,11-13H2,(H,25,26). The van der Waals surface area contributed by atoms with E-state index in [1.54, 1.807) is 0 Å².